The lowest BCUT2D eigenvalue weighted by atomic mass is 10.1. The zero-order valence-corrected chi connectivity index (χ0v) is 12.8. The van der Waals surface area contributed by atoms with Gasteiger partial charge in [0.2, 0.25) is 0 Å². The number of likely N-dealkylation sites (tertiary alicyclic amines) is 1. The van der Waals surface area contributed by atoms with Gasteiger partial charge in [-0.25, -0.2) is 4.98 Å². The van der Waals surface area contributed by atoms with Gasteiger partial charge in [-0.1, -0.05) is 6.42 Å². The summed E-state index contributed by atoms with van der Waals surface area (Å²) in [6.07, 6.45) is 5.94. The molecule has 1 aromatic heterocycles. The number of piperidine rings is 1. The predicted molar refractivity (Wildman–Crippen MR) is 80.0 cm³/mol. The molecule has 0 bridgehead atoms. The summed E-state index contributed by atoms with van der Waals surface area (Å²) in [5.74, 6) is 1.00. The number of hydrogen-bond donors (Lipinski definition) is 1. The Labute approximate surface area is 118 Å². The Morgan fingerprint density at radius 2 is 2.11 bits per heavy atom. The molecule has 2 rings (SSSR count). The highest BCUT2D eigenvalue weighted by Crippen LogP contribution is 2.18. The third-order valence-corrected chi connectivity index (χ3v) is 3.84. The Bertz CT molecular complexity index is 389. The van der Waals surface area contributed by atoms with Gasteiger partial charge in [0.15, 0.2) is 0 Å². The summed E-state index contributed by atoms with van der Waals surface area (Å²) in [7, 11) is 0. The molecule has 18 heavy (non-hydrogen) atoms. The van der Waals surface area contributed by atoms with Gasteiger partial charge < -0.3 is 10.2 Å². The van der Waals surface area contributed by atoms with Crippen LogP contribution in [0.1, 0.15) is 31.7 Å². The van der Waals surface area contributed by atoms with Crippen molar-refractivity contribution in [1.82, 2.24) is 9.88 Å². The molecule has 1 atom stereocenters. The van der Waals surface area contributed by atoms with Crippen LogP contribution in [0.4, 0.5) is 5.82 Å². The molecule has 1 aromatic rings. The van der Waals surface area contributed by atoms with E-state index in [1.165, 1.54) is 37.9 Å². The van der Waals surface area contributed by atoms with Crippen molar-refractivity contribution >= 4 is 21.7 Å². The van der Waals surface area contributed by atoms with E-state index >= 15 is 0 Å². The van der Waals surface area contributed by atoms with Crippen molar-refractivity contribution in [3.05, 3.63) is 22.3 Å². The molecular weight excluding hydrogens is 290 g/mol. The van der Waals surface area contributed by atoms with Crippen LogP contribution in [-0.2, 0) is 0 Å². The van der Waals surface area contributed by atoms with Crippen molar-refractivity contribution in [3.8, 4) is 0 Å². The predicted octanol–water partition coefficient (Wildman–Crippen LogP) is 3.44. The maximum atomic E-state index is 4.43. The molecule has 100 valence electrons. The minimum absolute atomic E-state index is 0.440. The van der Waals surface area contributed by atoms with Crippen LogP contribution in [0.25, 0.3) is 0 Å². The van der Waals surface area contributed by atoms with Gasteiger partial charge in [-0.15, -0.1) is 0 Å². The van der Waals surface area contributed by atoms with Gasteiger partial charge in [0.05, 0.1) is 0 Å². The quantitative estimate of drug-likeness (QED) is 0.923. The van der Waals surface area contributed by atoms with Gasteiger partial charge in [-0.2, -0.15) is 0 Å². The van der Waals surface area contributed by atoms with E-state index in [0.717, 1.165) is 16.8 Å². The minimum atomic E-state index is 0.440. The number of nitrogens with zero attached hydrogens (tertiary/aromatic N) is 2. The molecule has 2 heterocycles. The van der Waals surface area contributed by atoms with E-state index < -0.39 is 0 Å². The highest BCUT2D eigenvalue weighted by atomic mass is 79.9. The Balaban J connectivity index is 1.87. The standard InChI is InChI=1S/C14H22BrN3/c1-11-8-13(15)9-16-14(11)17-12(2)10-18-6-4-3-5-7-18/h8-9,12H,3-7,10H2,1-2H3,(H,16,17). The minimum Gasteiger partial charge on any atom is -0.366 e. The maximum Gasteiger partial charge on any atom is 0.129 e. The Hall–Kier alpha value is -0.610. The molecule has 1 aliphatic rings. The lowest BCUT2D eigenvalue weighted by Crippen LogP contribution is -2.38. The fourth-order valence-electron chi connectivity index (χ4n) is 2.50. The Kier molecular flexibility index (Phi) is 5.01. The fraction of sp³-hybridized carbons (Fsp3) is 0.643. The maximum absolute atomic E-state index is 4.43. The highest BCUT2D eigenvalue weighted by molar-refractivity contribution is 9.10. The van der Waals surface area contributed by atoms with E-state index in [4.69, 9.17) is 0 Å². The second kappa shape index (κ2) is 6.53. The topological polar surface area (TPSA) is 28.2 Å². The number of anilines is 1. The fourth-order valence-corrected chi connectivity index (χ4v) is 2.95. The average Bonchev–Trinajstić information content (AvgIpc) is 2.34. The van der Waals surface area contributed by atoms with Crippen molar-refractivity contribution in [2.75, 3.05) is 25.0 Å². The summed E-state index contributed by atoms with van der Waals surface area (Å²) in [4.78, 5) is 6.99. The van der Waals surface area contributed by atoms with Crippen LogP contribution >= 0.6 is 15.9 Å². The largest absolute Gasteiger partial charge is 0.366 e. The van der Waals surface area contributed by atoms with Crippen molar-refractivity contribution in [2.24, 2.45) is 0 Å². The summed E-state index contributed by atoms with van der Waals surface area (Å²) in [6.45, 7) is 7.93. The number of pyridine rings is 1. The monoisotopic (exact) mass is 311 g/mol. The molecule has 0 saturated carbocycles. The molecule has 1 saturated heterocycles. The molecule has 4 heteroatoms. The first-order valence-corrected chi connectivity index (χ1v) is 7.55. The van der Waals surface area contributed by atoms with E-state index in [9.17, 15) is 0 Å². The van der Waals surface area contributed by atoms with E-state index in [-0.39, 0.29) is 0 Å². The van der Waals surface area contributed by atoms with Crippen LogP contribution in [0.2, 0.25) is 0 Å². The normalized spacial score (nSPS) is 18.6. The van der Waals surface area contributed by atoms with Crippen molar-refractivity contribution in [2.45, 2.75) is 39.2 Å². The van der Waals surface area contributed by atoms with Crippen molar-refractivity contribution in [3.63, 3.8) is 0 Å². The average molecular weight is 312 g/mol. The number of rotatable bonds is 4. The molecule has 1 unspecified atom stereocenters. The molecule has 1 N–H and O–H groups in total. The molecule has 0 aromatic carbocycles. The van der Waals surface area contributed by atoms with Crippen LogP contribution in [0.15, 0.2) is 16.7 Å². The van der Waals surface area contributed by atoms with Gasteiger partial charge in [-0.05, 0) is 67.3 Å². The van der Waals surface area contributed by atoms with E-state index in [0.29, 0.717) is 6.04 Å². The molecule has 1 aliphatic heterocycles. The van der Waals surface area contributed by atoms with Crippen LogP contribution in [-0.4, -0.2) is 35.6 Å². The summed E-state index contributed by atoms with van der Waals surface area (Å²) in [5.41, 5.74) is 1.19. The zero-order valence-electron chi connectivity index (χ0n) is 11.2. The summed E-state index contributed by atoms with van der Waals surface area (Å²) < 4.78 is 1.04. The first-order chi connectivity index (χ1) is 8.65. The molecule has 1 fully saturated rings. The molecule has 0 spiro atoms. The second-order valence-corrected chi connectivity index (χ2v) is 6.14. The number of halogens is 1. The second-order valence-electron chi connectivity index (χ2n) is 5.23. The first-order valence-electron chi connectivity index (χ1n) is 6.76. The summed E-state index contributed by atoms with van der Waals surface area (Å²) in [6, 6.07) is 2.54. The lowest BCUT2D eigenvalue weighted by molar-refractivity contribution is 0.223. The number of hydrogen-bond acceptors (Lipinski definition) is 3. The van der Waals surface area contributed by atoms with E-state index in [1.54, 1.807) is 0 Å². The van der Waals surface area contributed by atoms with E-state index in [1.807, 2.05) is 6.20 Å². The van der Waals surface area contributed by atoms with Gasteiger partial charge >= 0.3 is 0 Å². The summed E-state index contributed by atoms with van der Waals surface area (Å²) in [5, 5.41) is 3.51. The van der Waals surface area contributed by atoms with Crippen LogP contribution in [0.3, 0.4) is 0 Å². The molecule has 3 nitrogen and oxygen atoms in total. The van der Waals surface area contributed by atoms with Crippen LogP contribution < -0.4 is 5.32 Å². The van der Waals surface area contributed by atoms with Crippen LogP contribution in [0.5, 0.6) is 0 Å². The first kappa shape index (κ1) is 13.8. The lowest BCUT2D eigenvalue weighted by Gasteiger charge is -2.29. The third-order valence-electron chi connectivity index (χ3n) is 3.41. The van der Waals surface area contributed by atoms with Gasteiger partial charge in [0.1, 0.15) is 5.82 Å². The Morgan fingerprint density at radius 1 is 1.39 bits per heavy atom. The SMILES string of the molecule is Cc1cc(Br)cnc1NC(C)CN1CCCCC1. The van der Waals surface area contributed by atoms with Crippen LogP contribution in [0, 0.1) is 6.92 Å². The molecule has 0 radical (unpaired) electrons. The smallest absolute Gasteiger partial charge is 0.129 e. The number of nitrogens with one attached hydrogen (secondary N) is 1. The van der Waals surface area contributed by atoms with Crippen molar-refractivity contribution in [1.29, 1.82) is 0 Å². The summed E-state index contributed by atoms with van der Waals surface area (Å²) >= 11 is 3.44. The third kappa shape index (κ3) is 3.95. The molecule has 0 aliphatic carbocycles. The molecule has 0 amide bonds. The zero-order chi connectivity index (χ0) is 13.0. The molecular formula is C14H22BrN3. The van der Waals surface area contributed by atoms with Gasteiger partial charge in [0.25, 0.3) is 0 Å². The highest BCUT2D eigenvalue weighted by Gasteiger charge is 2.14. The van der Waals surface area contributed by atoms with Crippen molar-refractivity contribution < 1.29 is 0 Å². The number of aromatic nitrogens is 1. The number of aryl methyl sites for hydroxylation is 1. The van der Waals surface area contributed by atoms with E-state index in [2.05, 4.69) is 51.0 Å². The Morgan fingerprint density at radius 3 is 2.78 bits per heavy atom. The van der Waals surface area contributed by atoms with Gasteiger partial charge in [-0.3, -0.25) is 0 Å². The van der Waals surface area contributed by atoms with Gasteiger partial charge in [0, 0.05) is 23.3 Å².